The zero-order valence-electron chi connectivity index (χ0n) is 10.5. The maximum Gasteiger partial charge on any atom is 0.280 e. The molecular weight excluding hydrogens is 268 g/mol. The summed E-state index contributed by atoms with van der Waals surface area (Å²) in [5, 5.41) is 9.37. The van der Waals surface area contributed by atoms with Gasteiger partial charge in [-0.15, -0.1) is 0 Å². The fourth-order valence-corrected chi connectivity index (χ4v) is 3.29. The van der Waals surface area contributed by atoms with Gasteiger partial charge in [0.15, 0.2) is 0 Å². The zero-order valence-corrected chi connectivity index (χ0v) is 11.3. The summed E-state index contributed by atoms with van der Waals surface area (Å²) in [5.74, 6) is 0. The molecule has 2 rings (SSSR count). The molecule has 6 nitrogen and oxygen atoms in total. The number of hydrogen-bond donors (Lipinski definition) is 2. The third-order valence-corrected chi connectivity index (χ3v) is 4.61. The van der Waals surface area contributed by atoms with Crippen LogP contribution < -0.4 is 4.72 Å². The quantitative estimate of drug-likeness (QED) is 0.791. The number of nitrogens with zero attached hydrogens (tertiary/aromatic N) is 1. The number of hydrogen-bond acceptors (Lipinski definition) is 4. The highest BCUT2D eigenvalue weighted by atomic mass is 32.2. The van der Waals surface area contributed by atoms with E-state index in [0.717, 1.165) is 5.56 Å². The summed E-state index contributed by atoms with van der Waals surface area (Å²) >= 11 is 0. The van der Waals surface area contributed by atoms with Gasteiger partial charge in [-0.1, -0.05) is 30.3 Å². The van der Waals surface area contributed by atoms with E-state index < -0.39 is 16.3 Å². The van der Waals surface area contributed by atoms with Crippen LogP contribution in [0, 0.1) is 0 Å². The van der Waals surface area contributed by atoms with Crippen molar-refractivity contribution in [3.05, 3.63) is 35.9 Å². The highest BCUT2D eigenvalue weighted by molar-refractivity contribution is 7.87. The second-order valence-electron chi connectivity index (χ2n) is 4.28. The molecule has 0 amide bonds. The van der Waals surface area contributed by atoms with Crippen LogP contribution in [0.4, 0.5) is 0 Å². The summed E-state index contributed by atoms with van der Waals surface area (Å²) in [7, 11) is -3.60. The molecule has 106 valence electrons. The highest BCUT2D eigenvalue weighted by Crippen LogP contribution is 2.14. The molecule has 0 aliphatic carbocycles. The molecule has 0 saturated carbocycles. The van der Waals surface area contributed by atoms with Crippen molar-refractivity contribution >= 4 is 10.2 Å². The summed E-state index contributed by atoms with van der Waals surface area (Å²) < 4.78 is 33.3. The molecule has 1 saturated heterocycles. The van der Waals surface area contributed by atoms with E-state index in [9.17, 15) is 13.5 Å². The van der Waals surface area contributed by atoms with Gasteiger partial charge in [0.25, 0.3) is 10.2 Å². The molecule has 1 aromatic carbocycles. The van der Waals surface area contributed by atoms with E-state index in [2.05, 4.69) is 4.72 Å². The van der Waals surface area contributed by atoms with E-state index >= 15 is 0 Å². The van der Waals surface area contributed by atoms with E-state index in [1.54, 1.807) is 24.3 Å². The second-order valence-corrected chi connectivity index (χ2v) is 5.98. The van der Waals surface area contributed by atoms with E-state index in [1.165, 1.54) is 4.31 Å². The van der Waals surface area contributed by atoms with Gasteiger partial charge in [0, 0.05) is 13.1 Å². The van der Waals surface area contributed by atoms with Crippen molar-refractivity contribution < 1.29 is 18.3 Å². The molecule has 1 atom stereocenters. The largest absolute Gasteiger partial charge is 0.394 e. The Morgan fingerprint density at radius 3 is 2.47 bits per heavy atom. The molecular formula is C12H18N2O4S. The fraction of sp³-hybridized carbons (Fsp3) is 0.500. The van der Waals surface area contributed by atoms with Crippen molar-refractivity contribution in [2.45, 2.75) is 6.04 Å². The van der Waals surface area contributed by atoms with Crippen LogP contribution in [0.15, 0.2) is 30.3 Å². The SMILES string of the molecule is O=S(=O)(N[C@H](CO)c1ccccc1)N1CCOCC1. The van der Waals surface area contributed by atoms with Gasteiger partial charge in [0.1, 0.15) is 0 Å². The summed E-state index contributed by atoms with van der Waals surface area (Å²) in [6.07, 6.45) is 0. The van der Waals surface area contributed by atoms with Gasteiger partial charge >= 0.3 is 0 Å². The normalized spacial score (nSPS) is 19.2. The summed E-state index contributed by atoms with van der Waals surface area (Å²) in [4.78, 5) is 0. The lowest BCUT2D eigenvalue weighted by Crippen LogP contribution is -2.48. The van der Waals surface area contributed by atoms with Gasteiger partial charge in [-0.2, -0.15) is 17.4 Å². The lowest BCUT2D eigenvalue weighted by Gasteiger charge is -2.28. The van der Waals surface area contributed by atoms with E-state index in [0.29, 0.717) is 26.3 Å². The minimum atomic E-state index is -3.60. The van der Waals surface area contributed by atoms with Gasteiger partial charge in [-0.05, 0) is 5.56 Å². The summed E-state index contributed by atoms with van der Waals surface area (Å²) in [5.41, 5.74) is 0.738. The first-order valence-electron chi connectivity index (χ1n) is 6.14. The first-order valence-corrected chi connectivity index (χ1v) is 7.58. The van der Waals surface area contributed by atoms with Crippen LogP contribution in [0.5, 0.6) is 0 Å². The molecule has 19 heavy (non-hydrogen) atoms. The maximum absolute atomic E-state index is 12.2. The number of benzene rings is 1. The van der Waals surface area contributed by atoms with Crippen molar-refractivity contribution in [1.29, 1.82) is 0 Å². The Labute approximate surface area is 113 Å². The van der Waals surface area contributed by atoms with Crippen molar-refractivity contribution in [3.8, 4) is 0 Å². The monoisotopic (exact) mass is 286 g/mol. The van der Waals surface area contributed by atoms with Crippen LogP contribution in [-0.2, 0) is 14.9 Å². The summed E-state index contributed by atoms with van der Waals surface area (Å²) in [6, 6.07) is 8.39. The van der Waals surface area contributed by atoms with Crippen LogP contribution in [0.2, 0.25) is 0 Å². The minimum absolute atomic E-state index is 0.284. The predicted octanol–water partition coefficient (Wildman–Crippen LogP) is -0.113. The molecule has 1 aromatic rings. The van der Waals surface area contributed by atoms with Crippen molar-refractivity contribution in [2.75, 3.05) is 32.9 Å². The number of aliphatic hydroxyl groups excluding tert-OH is 1. The predicted molar refractivity (Wildman–Crippen MR) is 70.7 cm³/mol. The third kappa shape index (κ3) is 3.74. The summed E-state index contributed by atoms with van der Waals surface area (Å²) in [6.45, 7) is 1.18. The van der Waals surface area contributed by atoms with Gasteiger partial charge < -0.3 is 9.84 Å². The van der Waals surface area contributed by atoms with Gasteiger partial charge in [0.05, 0.1) is 25.9 Å². The first kappa shape index (κ1) is 14.4. The smallest absolute Gasteiger partial charge is 0.280 e. The molecule has 0 spiro atoms. The average molecular weight is 286 g/mol. The molecule has 2 N–H and O–H groups in total. The molecule has 1 fully saturated rings. The molecule has 0 unspecified atom stereocenters. The number of aliphatic hydroxyl groups is 1. The van der Waals surface area contributed by atoms with Gasteiger partial charge in [-0.25, -0.2) is 0 Å². The van der Waals surface area contributed by atoms with Crippen LogP contribution >= 0.6 is 0 Å². The van der Waals surface area contributed by atoms with Crippen molar-refractivity contribution in [3.63, 3.8) is 0 Å². The number of nitrogens with one attached hydrogen (secondary N) is 1. The van der Waals surface area contributed by atoms with E-state index in [4.69, 9.17) is 4.74 Å². The number of rotatable bonds is 5. The third-order valence-electron chi connectivity index (χ3n) is 2.99. The topological polar surface area (TPSA) is 78.9 Å². The Bertz CT molecular complexity index is 486. The second kappa shape index (κ2) is 6.44. The van der Waals surface area contributed by atoms with Gasteiger partial charge in [0.2, 0.25) is 0 Å². The molecule has 0 aromatic heterocycles. The molecule has 1 aliphatic rings. The average Bonchev–Trinajstić information content (AvgIpc) is 2.47. The van der Waals surface area contributed by atoms with Crippen LogP contribution in [0.1, 0.15) is 11.6 Å². The van der Waals surface area contributed by atoms with Crippen LogP contribution in [-0.4, -0.2) is 50.7 Å². The minimum Gasteiger partial charge on any atom is -0.394 e. The maximum atomic E-state index is 12.2. The van der Waals surface area contributed by atoms with Crippen molar-refractivity contribution in [2.24, 2.45) is 0 Å². The van der Waals surface area contributed by atoms with E-state index in [1.807, 2.05) is 6.07 Å². The molecule has 1 heterocycles. The first-order chi connectivity index (χ1) is 9.13. The zero-order chi connectivity index (χ0) is 13.7. The Morgan fingerprint density at radius 2 is 1.89 bits per heavy atom. The van der Waals surface area contributed by atoms with E-state index in [-0.39, 0.29) is 6.61 Å². The van der Waals surface area contributed by atoms with Crippen LogP contribution in [0.3, 0.4) is 0 Å². The standard InChI is InChI=1S/C12H18N2O4S/c15-10-12(11-4-2-1-3-5-11)13-19(16,17)14-6-8-18-9-7-14/h1-5,12-13,15H,6-10H2/t12-/m1/s1. The van der Waals surface area contributed by atoms with Crippen LogP contribution in [0.25, 0.3) is 0 Å². The highest BCUT2D eigenvalue weighted by Gasteiger charge is 2.27. The van der Waals surface area contributed by atoms with Gasteiger partial charge in [-0.3, -0.25) is 0 Å². The Kier molecular flexibility index (Phi) is 4.89. The number of morpholine rings is 1. The molecule has 1 aliphatic heterocycles. The molecule has 0 bridgehead atoms. The lowest BCUT2D eigenvalue weighted by atomic mass is 10.1. The molecule has 7 heteroatoms. The Morgan fingerprint density at radius 1 is 1.26 bits per heavy atom. The Hall–Kier alpha value is -0.990. The molecule has 0 radical (unpaired) electrons. The lowest BCUT2D eigenvalue weighted by molar-refractivity contribution is 0.0721. The fourth-order valence-electron chi connectivity index (χ4n) is 1.94. The number of ether oxygens (including phenoxy) is 1. The Balaban J connectivity index is 2.09. The van der Waals surface area contributed by atoms with Crippen molar-refractivity contribution in [1.82, 2.24) is 9.03 Å².